The summed E-state index contributed by atoms with van der Waals surface area (Å²) in [5.74, 6) is -2.45. The van der Waals surface area contributed by atoms with E-state index >= 15 is 0 Å². The van der Waals surface area contributed by atoms with Crippen LogP contribution in [0.2, 0.25) is 0 Å². The van der Waals surface area contributed by atoms with Gasteiger partial charge in [-0.1, -0.05) is 38.1 Å². The van der Waals surface area contributed by atoms with Crippen LogP contribution in [-0.4, -0.2) is 32.9 Å². The molecule has 29 heavy (non-hydrogen) atoms. The standard InChI is InChI=1S/C20H23FN2O5S/c1-13(2)19(23-29(26,27)16-7-5-4-6-8-16)20(25)28-12-18(24)22-15-10-9-14(3)17(21)11-15/h4-11,13,19,23H,12H2,1-3H3,(H,22,24)/t19-/m1/s1. The maximum absolute atomic E-state index is 13.5. The van der Waals surface area contributed by atoms with Crippen molar-refractivity contribution in [1.82, 2.24) is 4.72 Å². The number of nitrogens with one attached hydrogen (secondary N) is 2. The largest absolute Gasteiger partial charge is 0.454 e. The molecular weight excluding hydrogens is 399 g/mol. The summed E-state index contributed by atoms with van der Waals surface area (Å²) >= 11 is 0. The number of sulfonamides is 1. The lowest BCUT2D eigenvalue weighted by atomic mass is 10.1. The molecule has 9 heteroatoms. The zero-order chi connectivity index (χ0) is 21.6. The lowest BCUT2D eigenvalue weighted by molar-refractivity contribution is -0.150. The first-order valence-corrected chi connectivity index (χ1v) is 10.4. The predicted octanol–water partition coefficient (Wildman–Crippen LogP) is 2.62. The van der Waals surface area contributed by atoms with Crippen molar-refractivity contribution >= 4 is 27.6 Å². The zero-order valence-electron chi connectivity index (χ0n) is 16.3. The average Bonchev–Trinajstić information content (AvgIpc) is 2.67. The van der Waals surface area contributed by atoms with Crippen LogP contribution in [0, 0.1) is 18.7 Å². The van der Waals surface area contributed by atoms with Gasteiger partial charge in [0.15, 0.2) is 6.61 Å². The Balaban J connectivity index is 1.98. The third kappa shape index (κ3) is 6.37. The van der Waals surface area contributed by atoms with Crippen molar-refractivity contribution in [2.45, 2.75) is 31.7 Å². The highest BCUT2D eigenvalue weighted by atomic mass is 32.2. The second-order valence-electron chi connectivity index (χ2n) is 6.78. The van der Waals surface area contributed by atoms with Crippen molar-refractivity contribution in [3.8, 4) is 0 Å². The van der Waals surface area contributed by atoms with Gasteiger partial charge in [0.2, 0.25) is 10.0 Å². The number of rotatable bonds is 8. The Bertz CT molecular complexity index is 978. The van der Waals surface area contributed by atoms with Crippen LogP contribution in [0.1, 0.15) is 19.4 Å². The minimum atomic E-state index is -3.94. The molecule has 2 rings (SSSR count). The third-order valence-electron chi connectivity index (χ3n) is 4.06. The number of ether oxygens (including phenoxy) is 1. The lowest BCUT2D eigenvalue weighted by Gasteiger charge is -2.20. The number of esters is 1. The molecule has 0 radical (unpaired) electrons. The van der Waals surface area contributed by atoms with E-state index in [1.807, 2.05) is 0 Å². The van der Waals surface area contributed by atoms with Gasteiger partial charge in [0.25, 0.3) is 5.91 Å². The quantitative estimate of drug-likeness (QED) is 0.637. The molecule has 0 saturated carbocycles. The zero-order valence-corrected chi connectivity index (χ0v) is 17.1. The Hall–Kier alpha value is -2.78. The minimum absolute atomic E-state index is 0.0117. The second kappa shape index (κ2) is 9.62. The van der Waals surface area contributed by atoms with Crippen LogP contribution >= 0.6 is 0 Å². The summed E-state index contributed by atoms with van der Waals surface area (Å²) in [6.07, 6.45) is 0. The molecule has 156 valence electrons. The molecule has 0 aromatic heterocycles. The molecule has 0 saturated heterocycles. The van der Waals surface area contributed by atoms with E-state index in [-0.39, 0.29) is 10.6 Å². The molecular formula is C20H23FN2O5S. The highest BCUT2D eigenvalue weighted by Gasteiger charge is 2.30. The number of carbonyl (C=O) groups is 2. The van der Waals surface area contributed by atoms with Crippen molar-refractivity contribution < 1.29 is 27.1 Å². The van der Waals surface area contributed by atoms with Crippen molar-refractivity contribution in [2.24, 2.45) is 5.92 Å². The first kappa shape index (κ1) is 22.5. The fourth-order valence-corrected chi connectivity index (χ4v) is 3.74. The van der Waals surface area contributed by atoms with Crippen LogP contribution in [-0.2, 0) is 24.3 Å². The van der Waals surface area contributed by atoms with Gasteiger partial charge >= 0.3 is 5.97 Å². The van der Waals surface area contributed by atoms with Crippen LogP contribution in [0.5, 0.6) is 0 Å². The summed E-state index contributed by atoms with van der Waals surface area (Å²) in [4.78, 5) is 24.3. The Kier molecular flexibility index (Phi) is 7.46. The van der Waals surface area contributed by atoms with Gasteiger partial charge in [0, 0.05) is 5.69 Å². The summed E-state index contributed by atoms with van der Waals surface area (Å²) < 4.78 is 45.7. The van der Waals surface area contributed by atoms with E-state index in [0.29, 0.717) is 5.56 Å². The smallest absolute Gasteiger partial charge is 0.324 e. The SMILES string of the molecule is Cc1ccc(NC(=O)COC(=O)[C@H](NS(=O)(=O)c2ccccc2)C(C)C)cc1F. The molecule has 1 atom stereocenters. The van der Waals surface area contributed by atoms with Gasteiger partial charge in [-0.15, -0.1) is 0 Å². The Labute approximate surface area is 169 Å². The van der Waals surface area contributed by atoms with Gasteiger partial charge in [-0.25, -0.2) is 12.8 Å². The van der Waals surface area contributed by atoms with Crippen molar-refractivity contribution in [3.05, 3.63) is 59.9 Å². The molecule has 0 aliphatic carbocycles. The van der Waals surface area contributed by atoms with Gasteiger partial charge < -0.3 is 10.1 Å². The van der Waals surface area contributed by atoms with Gasteiger partial charge in [-0.05, 0) is 42.7 Å². The number of carbonyl (C=O) groups excluding carboxylic acids is 2. The van der Waals surface area contributed by atoms with E-state index in [0.717, 1.165) is 6.07 Å². The molecule has 1 amide bonds. The maximum atomic E-state index is 13.5. The fourth-order valence-electron chi connectivity index (χ4n) is 2.39. The molecule has 0 fully saturated rings. The Morgan fingerprint density at radius 3 is 2.34 bits per heavy atom. The van der Waals surface area contributed by atoms with E-state index in [4.69, 9.17) is 4.74 Å². The Morgan fingerprint density at radius 1 is 1.10 bits per heavy atom. The third-order valence-corrected chi connectivity index (χ3v) is 5.51. The van der Waals surface area contributed by atoms with Gasteiger partial charge in [0.05, 0.1) is 4.90 Å². The first-order valence-electron chi connectivity index (χ1n) is 8.90. The minimum Gasteiger partial charge on any atom is -0.454 e. The highest BCUT2D eigenvalue weighted by Crippen LogP contribution is 2.14. The molecule has 2 N–H and O–H groups in total. The number of anilines is 1. The van der Waals surface area contributed by atoms with Gasteiger partial charge in [-0.2, -0.15) is 4.72 Å². The van der Waals surface area contributed by atoms with Gasteiger partial charge in [-0.3, -0.25) is 9.59 Å². The molecule has 7 nitrogen and oxygen atoms in total. The number of aryl methyl sites for hydroxylation is 1. The molecule has 0 aliphatic rings. The molecule has 0 bridgehead atoms. The number of amides is 1. The van der Waals surface area contributed by atoms with E-state index < -0.39 is 46.3 Å². The van der Waals surface area contributed by atoms with Crippen molar-refractivity contribution in [3.63, 3.8) is 0 Å². The topological polar surface area (TPSA) is 102 Å². The van der Waals surface area contributed by atoms with E-state index in [1.165, 1.54) is 24.3 Å². The van der Waals surface area contributed by atoms with Crippen LogP contribution in [0.3, 0.4) is 0 Å². The lowest BCUT2D eigenvalue weighted by Crippen LogP contribution is -2.45. The van der Waals surface area contributed by atoms with E-state index in [1.54, 1.807) is 39.0 Å². The van der Waals surface area contributed by atoms with Crippen molar-refractivity contribution in [1.29, 1.82) is 0 Å². The number of halogens is 1. The molecule has 0 spiro atoms. The molecule has 0 unspecified atom stereocenters. The van der Waals surface area contributed by atoms with Crippen LogP contribution in [0.25, 0.3) is 0 Å². The second-order valence-corrected chi connectivity index (χ2v) is 8.49. The van der Waals surface area contributed by atoms with Crippen LogP contribution in [0.4, 0.5) is 10.1 Å². The number of hydrogen-bond donors (Lipinski definition) is 2. The van der Waals surface area contributed by atoms with E-state index in [2.05, 4.69) is 10.0 Å². The highest BCUT2D eigenvalue weighted by molar-refractivity contribution is 7.89. The van der Waals surface area contributed by atoms with E-state index in [9.17, 15) is 22.4 Å². The number of benzene rings is 2. The normalized spacial score (nSPS) is 12.4. The fraction of sp³-hybridized carbons (Fsp3) is 0.300. The van der Waals surface area contributed by atoms with Gasteiger partial charge in [0.1, 0.15) is 11.9 Å². The molecule has 2 aromatic carbocycles. The maximum Gasteiger partial charge on any atom is 0.324 e. The van der Waals surface area contributed by atoms with Crippen molar-refractivity contribution in [2.75, 3.05) is 11.9 Å². The Morgan fingerprint density at radius 2 is 1.76 bits per heavy atom. The summed E-state index contributed by atoms with van der Waals surface area (Å²) in [7, 11) is -3.94. The van der Waals surface area contributed by atoms with Crippen LogP contribution < -0.4 is 10.0 Å². The average molecular weight is 422 g/mol. The summed E-state index contributed by atoms with van der Waals surface area (Å²) in [5, 5.41) is 2.41. The summed E-state index contributed by atoms with van der Waals surface area (Å²) in [5.41, 5.74) is 0.652. The summed E-state index contributed by atoms with van der Waals surface area (Å²) in [6, 6.07) is 10.6. The van der Waals surface area contributed by atoms with Crippen LogP contribution in [0.15, 0.2) is 53.4 Å². The predicted molar refractivity (Wildman–Crippen MR) is 106 cm³/mol. The molecule has 0 heterocycles. The molecule has 2 aromatic rings. The molecule has 0 aliphatic heterocycles. The number of hydrogen-bond acceptors (Lipinski definition) is 5. The summed E-state index contributed by atoms with van der Waals surface area (Å²) in [6.45, 7) is 4.25. The monoisotopic (exact) mass is 422 g/mol. The first-order chi connectivity index (χ1) is 13.6.